The lowest BCUT2D eigenvalue weighted by molar-refractivity contribution is 0.511. The summed E-state index contributed by atoms with van der Waals surface area (Å²) in [5.41, 5.74) is 2.94. The van der Waals surface area contributed by atoms with Crippen LogP contribution in [0.4, 0.5) is 0 Å². The third-order valence-electron chi connectivity index (χ3n) is 2.95. The van der Waals surface area contributed by atoms with E-state index in [-0.39, 0.29) is 0 Å². The van der Waals surface area contributed by atoms with Crippen LogP contribution in [0.15, 0.2) is 24.3 Å². The van der Waals surface area contributed by atoms with Gasteiger partial charge in [0.05, 0.1) is 0 Å². The lowest BCUT2D eigenvalue weighted by Crippen LogP contribution is -2.04. The Balaban J connectivity index is 2.14. The van der Waals surface area contributed by atoms with Crippen LogP contribution in [0.2, 0.25) is 0 Å². The minimum absolute atomic E-state index is 0.824. The average Bonchev–Trinajstić information content (AvgIpc) is 2.19. The summed E-state index contributed by atoms with van der Waals surface area (Å²) in [6, 6.07) is 8.99. The molecule has 0 bridgehead atoms. The van der Waals surface area contributed by atoms with E-state index in [1.165, 1.54) is 31.2 Å². The molecule has 0 aromatic heterocycles. The highest BCUT2D eigenvalue weighted by Crippen LogP contribution is 2.32. The van der Waals surface area contributed by atoms with E-state index in [1.807, 2.05) is 0 Å². The first-order valence-corrected chi connectivity index (χ1v) is 5.24. The van der Waals surface area contributed by atoms with Crippen LogP contribution in [0.25, 0.3) is 0 Å². The van der Waals surface area contributed by atoms with E-state index >= 15 is 0 Å². The molecule has 13 heavy (non-hydrogen) atoms. The molecular weight excluding hydrogens is 156 g/mol. The van der Waals surface area contributed by atoms with Crippen LogP contribution in [0.5, 0.6) is 0 Å². The molecule has 0 N–H and O–H groups in total. The standard InChI is InChI=1S/C13H17/c1-11-6-5-9-13(10-11)12-7-3-2-4-8-12/h2,5-6,9-10,12H,3-4,7-8H2,1H3. The fourth-order valence-corrected chi connectivity index (χ4v) is 2.18. The molecule has 1 radical (unpaired) electrons. The van der Waals surface area contributed by atoms with E-state index in [2.05, 4.69) is 37.6 Å². The minimum atomic E-state index is 0.824. The molecule has 0 saturated heterocycles. The molecule has 1 aromatic carbocycles. The highest BCUT2D eigenvalue weighted by atomic mass is 14.2. The summed E-state index contributed by atoms with van der Waals surface area (Å²) in [5, 5.41) is 0. The van der Waals surface area contributed by atoms with Gasteiger partial charge in [-0.25, -0.2) is 0 Å². The molecule has 69 valence electrons. The van der Waals surface area contributed by atoms with Crippen LogP contribution in [-0.4, -0.2) is 0 Å². The van der Waals surface area contributed by atoms with Crippen LogP contribution < -0.4 is 0 Å². The molecule has 0 spiro atoms. The molecule has 1 aliphatic carbocycles. The quantitative estimate of drug-likeness (QED) is 0.605. The second-order valence-electron chi connectivity index (χ2n) is 4.05. The summed E-state index contributed by atoms with van der Waals surface area (Å²) >= 11 is 0. The van der Waals surface area contributed by atoms with E-state index < -0.39 is 0 Å². The predicted molar refractivity (Wildman–Crippen MR) is 56.7 cm³/mol. The summed E-state index contributed by atoms with van der Waals surface area (Å²) in [6.45, 7) is 2.18. The van der Waals surface area contributed by atoms with E-state index in [0.717, 1.165) is 5.92 Å². The van der Waals surface area contributed by atoms with Gasteiger partial charge in [0.25, 0.3) is 0 Å². The SMILES string of the molecule is Cc1cccc(C2CC[CH]CC2)c1. The topological polar surface area (TPSA) is 0 Å². The van der Waals surface area contributed by atoms with Crippen molar-refractivity contribution in [1.82, 2.24) is 0 Å². The number of benzene rings is 1. The van der Waals surface area contributed by atoms with Crippen molar-refractivity contribution in [3.05, 3.63) is 41.8 Å². The summed E-state index contributed by atoms with van der Waals surface area (Å²) in [5.74, 6) is 0.824. The molecule has 1 aromatic rings. The molecule has 0 nitrogen and oxygen atoms in total. The van der Waals surface area contributed by atoms with Crippen LogP contribution in [0.3, 0.4) is 0 Å². The molecule has 0 unspecified atom stereocenters. The Hall–Kier alpha value is -0.780. The van der Waals surface area contributed by atoms with Gasteiger partial charge in [-0.3, -0.25) is 0 Å². The smallest absolute Gasteiger partial charge is 0.0162 e. The molecule has 2 rings (SSSR count). The Bertz CT molecular complexity index is 269. The first-order valence-electron chi connectivity index (χ1n) is 5.24. The normalized spacial score (nSPS) is 18.8. The van der Waals surface area contributed by atoms with E-state index in [4.69, 9.17) is 0 Å². The number of aryl methyl sites for hydroxylation is 1. The molecule has 0 heteroatoms. The van der Waals surface area contributed by atoms with Crippen LogP contribution in [-0.2, 0) is 0 Å². The fourth-order valence-electron chi connectivity index (χ4n) is 2.18. The zero-order valence-corrected chi connectivity index (χ0v) is 8.29. The van der Waals surface area contributed by atoms with Gasteiger partial charge in [-0.05, 0) is 50.5 Å². The maximum atomic E-state index is 2.42. The summed E-state index contributed by atoms with van der Waals surface area (Å²) in [4.78, 5) is 0. The number of hydrogen-bond acceptors (Lipinski definition) is 0. The van der Waals surface area contributed by atoms with Crippen LogP contribution in [0.1, 0.15) is 42.7 Å². The van der Waals surface area contributed by atoms with E-state index in [9.17, 15) is 0 Å². The van der Waals surface area contributed by atoms with Crippen molar-refractivity contribution in [2.45, 2.75) is 38.5 Å². The Morgan fingerprint density at radius 3 is 2.62 bits per heavy atom. The maximum absolute atomic E-state index is 2.42. The monoisotopic (exact) mass is 173 g/mol. The number of rotatable bonds is 1. The van der Waals surface area contributed by atoms with Crippen molar-refractivity contribution < 1.29 is 0 Å². The zero-order chi connectivity index (χ0) is 9.10. The van der Waals surface area contributed by atoms with Crippen LogP contribution >= 0.6 is 0 Å². The molecule has 1 fully saturated rings. The lowest BCUT2D eigenvalue weighted by Gasteiger charge is -2.21. The van der Waals surface area contributed by atoms with Gasteiger partial charge in [-0.2, -0.15) is 0 Å². The Morgan fingerprint density at radius 1 is 1.15 bits per heavy atom. The van der Waals surface area contributed by atoms with Crippen molar-refractivity contribution in [3.63, 3.8) is 0 Å². The third kappa shape index (κ3) is 2.12. The lowest BCUT2D eigenvalue weighted by atomic mass is 9.84. The second-order valence-corrected chi connectivity index (χ2v) is 4.05. The first-order chi connectivity index (χ1) is 6.36. The Kier molecular flexibility index (Phi) is 2.68. The zero-order valence-electron chi connectivity index (χ0n) is 8.29. The van der Waals surface area contributed by atoms with E-state index in [1.54, 1.807) is 5.56 Å². The van der Waals surface area contributed by atoms with Gasteiger partial charge in [0.1, 0.15) is 0 Å². The van der Waals surface area contributed by atoms with Gasteiger partial charge in [0.2, 0.25) is 0 Å². The van der Waals surface area contributed by atoms with Crippen molar-refractivity contribution in [1.29, 1.82) is 0 Å². The summed E-state index contributed by atoms with van der Waals surface area (Å²) in [6.07, 6.45) is 7.73. The molecule has 0 atom stereocenters. The highest BCUT2D eigenvalue weighted by Gasteiger charge is 2.14. The van der Waals surface area contributed by atoms with Crippen LogP contribution in [0, 0.1) is 13.3 Å². The van der Waals surface area contributed by atoms with Crippen molar-refractivity contribution in [3.8, 4) is 0 Å². The van der Waals surface area contributed by atoms with Gasteiger partial charge < -0.3 is 0 Å². The fraction of sp³-hybridized carbons (Fsp3) is 0.462. The predicted octanol–water partition coefficient (Wildman–Crippen LogP) is 3.86. The van der Waals surface area contributed by atoms with Gasteiger partial charge in [0, 0.05) is 0 Å². The van der Waals surface area contributed by atoms with Crippen molar-refractivity contribution >= 4 is 0 Å². The van der Waals surface area contributed by atoms with Gasteiger partial charge in [0.15, 0.2) is 0 Å². The average molecular weight is 173 g/mol. The Labute approximate surface area is 81.0 Å². The van der Waals surface area contributed by atoms with E-state index in [0.29, 0.717) is 0 Å². The van der Waals surface area contributed by atoms with Gasteiger partial charge in [-0.15, -0.1) is 0 Å². The summed E-state index contributed by atoms with van der Waals surface area (Å²) < 4.78 is 0. The van der Waals surface area contributed by atoms with Crippen molar-refractivity contribution in [2.24, 2.45) is 0 Å². The van der Waals surface area contributed by atoms with Gasteiger partial charge in [-0.1, -0.05) is 29.8 Å². The molecule has 1 aliphatic rings. The Morgan fingerprint density at radius 2 is 1.92 bits per heavy atom. The molecular formula is C13H17. The van der Waals surface area contributed by atoms with Crippen molar-refractivity contribution in [2.75, 3.05) is 0 Å². The summed E-state index contributed by atoms with van der Waals surface area (Å²) in [7, 11) is 0. The molecule has 0 heterocycles. The highest BCUT2D eigenvalue weighted by molar-refractivity contribution is 5.25. The third-order valence-corrected chi connectivity index (χ3v) is 2.95. The molecule has 0 aliphatic heterocycles. The molecule has 1 saturated carbocycles. The number of hydrogen-bond donors (Lipinski definition) is 0. The first kappa shape index (κ1) is 8.80. The van der Waals surface area contributed by atoms with Gasteiger partial charge >= 0.3 is 0 Å². The maximum Gasteiger partial charge on any atom is -0.0162 e. The minimum Gasteiger partial charge on any atom is -0.0617 e. The molecule has 0 amide bonds. The second kappa shape index (κ2) is 3.95. The largest absolute Gasteiger partial charge is 0.0617 e.